The molecular formula is C23H27N3O2S2. The maximum absolute atomic E-state index is 13.2. The van der Waals surface area contributed by atoms with E-state index in [9.17, 15) is 4.79 Å². The predicted octanol–water partition coefficient (Wildman–Crippen LogP) is 5.47. The number of thiophene rings is 1. The summed E-state index contributed by atoms with van der Waals surface area (Å²) in [6, 6.07) is 8.18. The van der Waals surface area contributed by atoms with Gasteiger partial charge in [-0.3, -0.25) is 9.36 Å². The summed E-state index contributed by atoms with van der Waals surface area (Å²) in [5.74, 6) is 0.981. The molecule has 0 aliphatic carbocycles. The Morgan fingerprint density at radius 3 is 2.77 bits per heavy atom. The van der Waals surface area contributed by atoms with Crippen LogP contribution in [0.4, 0.5) is 0 Å². The highest BCUT2D eigenvalue weighted by Crippen LogP contribution is 2.32. The van der Waals surface area contributed by atoms with Crippen molar-refractivity contribution in [1.82, 2.24) is 14.8 Å². The molecule has 0 saturated carbocycles. The molecule has 158 valence electrons. The first-order valence-electron chi connectivity index (χ1n) is 10.3. The molecular weight excluding hydrogens is 414 g/mol. The quantitative estimate of drug-likeness (QED) is 0.359. The van der Waals surface area contributed by atoms with Crippen molar-refractivity contribution in [3.05, 3.63) is 51.9 Å². The van der Waals surface area contributed by atoms with Crippen LogP contribution in [0.15, 0.2) is 34.8 Å². The Morgan fingerprint density at radius 2 is 2.07 bits per heavy atom. The van der Waals surface area contributed by atoms with E-state index in [2.05, 4.69) is 40.7 Å². The topological polar surface area (TPSA) is 57.0 Å². The Kier molecular flexibility index (Phi) is 6.41. The fourth-order valence-electron chi connectivity index (χ4n) is 3.78. The Labute approximate surface area is 185 Å². The normalized spacial score (nSPS) is 17.4. The summed E-state index contributed by atoms with van der Waals surface area (Å²) < 4.78 is 7.99. The van der Waals surface area contributed by atoms with E-state index in [1.165, 1.54) is 17.3 Å². The minimum Gasteiger partial charge on any atom is -0.376 e. The molecule has 2 aromatic heterocycles. The van der Waals surface area contributed by atoms with Gasteiger partial charge in [0.25, 0.3) is 0 Å². The van der Waals surface area contributed by atoms with Gasteiger partial charge in [0.2, 0.25) is 0 Å². The predicted molar refractivity (Wildman–Crippen MR) is 123 cm³/mol. The van der Waals surface area contributed by atoms with E-state index in [1.807, 2.05) is 31.4 Å². The van der Waals surface area contributed by atoms with Crippen LogP contribution in [-0.2, 0) is 11.3 Å². The minimum atomic E-state index is -0.255. The Hall–Kier alpha value is -1.96. The van der Waals surface area contributed by atoms with Gasteiger partial charge in [0.15, 0.2) is 16.8 Å². The average Bonchev–Trinajstić information content (AvgIpc) is 3.47. The number of ketones is 1. The number of carbonyl (C=O) groups excluding carboxylic acids is 1. The van der Waals surface area contributed by atoms with Gasteiger partial charge < -0.3 is 4.74 Å². The molecule has 2 unspecified atom stereocenters. The molecule has 0 spiro atoms. The van der Waals surface area contributed by atoms with Crippen molar-refractivity contribution in [2.75, 3.05) is 6.61 Å². The van der Waals surface area contributed by atoms with E-state index in [0.717, 1.165) is 52.0 Å². The SMILES string of the molecule is Cc1cc(C)c(C(=O)C(C)Sc2nnc(-c3cccs3)n2CC2CCCO2)cc1C. The van der Waals surface area contributed by atoms with Crippen LogP contribution in [-0.4, -0.2) is 38.5 Å². The van der Waals surface area contributed by atoms with Crippen molar-refractivity contribution >= 4 is 28.9 Å². The summed E-state index contributed by atoms with van der Waals surface area (Å²) in [4.78, 5) is 14.3. The van der Waals surface area contributed by atoms with E-state index in [-0.39, 0.29) is 17.1 Å². The van der Waals surface area contributed by atoms with Gasteiger partial charge in [-0.1, -0.05) is 23.9 Å². The molecule has 2 atom stereocenters. The highest BCUT2D eigenvalue weighted by molar-refractivity contribution is 8.00. The summed E-state index contributed by atoms with van der Waals surface area (Å²) >= 11 is 3.13. The Balaban J connectivity index is 1.60. The van der Waals surface area contributed by atoms with Crippen LogP contribution in [0.5, 0.6) is 0 Å². The first-order chi connectivity index (χ1) is 14.4. The summed E-state index contributed by atoms with van der Waals surface area (Å²) in [5, 5.41) is 11.5. The molecule has 1 aliphatic heterocycles. The second-order valence-corrected chi connectivity index (χ2v) is 10.2. The summed E-state index contributed by atoms with van der Waals surface area (Å²) in [7, 11) is 0. The van der Waals surface area contributed by atoms with Gasteiger partial charge in [-0.25, -0.2) is 0 Å². The molecule has 5 nitrogen and oxygen atoms in total. The number of aryl methyl sites for hydroxylation is 3. The first kappa shape index (κ1) is 21.3. The van der Waals surface area contributed by atoms with E-state index >= 15 is 0 Å². The second-order valence-electron chi connectivity index (χ2n) is 7.90. The zero-order valence-corrected chi connectivity index (χ0v) is 19.5. The van der Waals surface area contributed by atoms with Gasteiger partial charge in [-0.15, -0.1) is 21.5 Å². The molecule has 0 N–H and O–H groups in total. The van der Waals surface area contributed by atoms with Gasteiger partial charge >= 0.3 is 0 Å². The molecule has 3 aromatic rings. The number of thioether (sulfide) groups is 1. The fourth-order valence-corrected chi connectivity index (χ4v) is 5.42. The standard InChI is InChI=1S/C23H27N3O2S2/c1-14-11-16(3)19(12-15(14)2)21(27)17(4)30-23-25-24-22(20-8-6-10-29-20)26(23)13-18-7-5-9-28-18/h6,8,10-12,17-18H,5,7,9,13H2,1-4H3. The minimum absolute atomic E-state index is 0.130. The summed E-state index contributed by atoms with van der Waals surface area (Å²) in [6.45, 7) is 9.61. The maximum atomic E-state index is 13.2. The van der Waals surface area contributed by atoms with Crippen LogP contribution < -0.4 is 0 Å². The third-order valence-electron chi connectivity index (χ3n) is 5.63. The Bertz CT molecular complexity index is 1040. The lowest BCUT2D eigenvalue weighted by Gasteiger charge is -2.17. The van der Waals surface area contributed by atoms with E-state index in [0.29, 0.717) is 6.54 Å². The average molecular weight is 442 g/mol. The third-order valence-corrected chi connectivity index (χ3v) is 7.57. The number of carbonyl (C=O) groups is 1. The number of aromatic nitrogens is 3. The fraction of sp³-hybridized carbons (Fsp3) is 0.435. The molecule has 3 heterocycles. The number of rotatable bonds is 7. The van der Waals surface area contributed by atoms with Crippen molar-refractivity contribution < 1.29 is 9.53 Å². The lowest BCUT2D eigenvalue weighted by atomic mass is 9.97. The number of ether oxygens (including phenoxy) is 1. The number of benzene rings is 1. The van der Waals surface area contributed by atoms with Crippen molar-refractivity contribution in [3.63, 3.8) is 0 Å². The lowest BCUT2D eigenvalue weighted by Crippen LogP contribution is -2.19. The van der Waals surface area contributed by atoms with Gasteiger partial charge in [-0.2, -0.15) is 0 Å². The van der Waals surface area contributed by atoms with E-state index < -0.39 is 0 Å². The maximum Gasteiger partial charge on any atom is 0.192 e. The van der Waals surface area contributed by atoms with Gasteiger partial charge in [0.1, 0.15) is 0 Å². The highest BCUT2D eigenvalue weighted by Gasteiger charge is 2.26. The van der Waals surface area contributed by atoms with Gasteiger partial charge in [0, 0.05) is 12.2 Å². The van der Waals surface area contributed by atoms with Crippen molar-refractivity contribution in [3.8, 4) is 10.7 Å². The molecule has 1 aromatic carbocycles. The van der Waals surface area contributed by atoms with Crippen LogP contribution in [0.3, 0.4) is 0 Å². The molecule has 0 radical (unpaired) electrons. The van der Waals surface area contributed by atoms with Gasteiger partial charge in [0.05, 0.1) is 22.8 Å². The second kappa shape index (κ2) is 9.04. The van der Waals surface area contributed by atoms with Crippen molar-refractivity contribution in [1.29, 1.82) is 0 Å². The zero-order chi connectivity index (χ0) is 21.3. The monoisotopic (exact) mass is 441 g/mol. The summed E-state index contributed by atoms with van der Waals surface area (Å²) in [5.41, 5.74) is 4.17. The van der Waals surface area contributed by atoms with Crippen LogP contribution >= 0.6 is 23.1 Å². The molecule has 0 bridgehead atoms. The third kappa shape index (κ3) is 4.38. The van der Waals surface area contributed by atoms with Crippen molar-refractivity contribution in [2.24, 2.45) is 0 Å². The lowest BCUT2D eigenvalue weighted by molar-refractivity contribution is 0.0953. The number of hydrogen-bond acceptors (Lipinski definition) is 6. The number of Topliss-reactive ketones (excluding diaryl/α,β-unsaturated/α-hetero) is 1. The van der Waals surface area contributed by atoms with E-state index in [1.54, 1.807) is 11.3 Å². The van der Waals surface area contributed by atoms with Crippen LogP contribution in [0.1, 0.15) is 46.8 Å². The molecule has 1 fully saturated rings. The van der Waals surface area contributed by atoms with Crippen LogP contribution in [0.25, 0.3) is 10.7 Å². The smallest absolute Gasteiger partial charge is 0.192 e. The van der Waals surface area contributed by atoms with Crippen LogP contribution in [0, 0.1) is 20.8 Å². The van der Waals surface area contributed by atoms with Gasteiger partial charge in [-0.05, 0) is 74.7 Å². The number of nitrogens with zero attached hydrogens (tertiary/aromatic N) is 3. The first-order valence-corrected chi connectivity index (χ1v) is 12.1. The molecule has 0 amide bonds. The largest absolute Gasteiger partial charge is 0.376 e. The molecule has 4 rings (SSSR count). The van der Waals surface area contributed by atoms with E-state index in [4.69, 9.17) is 4.74 Å². The molecule has 1 saturated heterocycles. The Morgan fingerprint density at radius 1 is 1.27 bits per heavy atom. The molecule has 7 heteroatoms. The molecule has 1 aliphatic rings. The van der Waals surface area contributed by atoms with Crippen molar-refractivity contribution in [2.45, 2.75) is 63.6 Å². The van der Waals surface area contributed by atoms with Crippen LogP contribution in [0.2, 0.25) is 0 Å². The zero-order valence-electron chi connectivity index (χ0n) is 17.8. The highest BCUT2D eigenvalue weighted by atomic mass is 32.2. The molecule has 30 heavy (non-hydrogen) atoms. The summed E-state index contributed by atoms with van der Waals surface area (Å²) in [6.07, 6.45) is 2.31. The number of hydrogen-bond donors (Lipinski definition) is 0.